The van der Waals surface area contributed by atoms with Crippen molar-refractivity contribution in [2.75, 3.05) is 6.61 Å². The lowest BCUT2D eigenvalue weighted by Crippen LogP contribution is -2.43. The van der Waals surface area contributed by atoms with Crippen LogP contribution in [-0.2, 0) is 14.3 Å². The van der Waals surface area contributed by atoms with Crippen molar-refractivity contribution >= 4 is 5.78 Å². The normalized spacial score (nSPS) is 29.7. The van der Waals surface area contributed by atoms with Crippen LogP contribution in [0.25, 0.3) is 0 Å². The third-order valence-corrected chi connectivity index (χ3v) is 2.49. The lowest BCUT2D eigenvalue weighted by Gasteiger charge is -2.37. The van der Waals surface area contributed by atoms with Gasteiger partial charge in [-0.15, -0.1) is 0 Å². The molecule has 1 unspecified atom stereocenters. The van der Waals surface area contributed by atoms with Crippen LogP contribution in [0, 0.1) is 5.92 Å². The first-order valence-electron chi connectivity index (χ1n) is 4.74. The Morgan fingerprint density at radius 2 is 2.15 bits per heavy atom. The van der Waals surface area contributed by atoms with Gasteiger partial charge in [0.15, 0.2) is 5.79 Å². The molecule has 1 rings (SSSR count). The molecule has 1 aliphatic heterocycles. The topological polar surface area (TPSA) is 35.5 Å². The van der Waals surface area contributed by atoms with E-state index in [0.29, 0.717) is 6.61 Å². The minimum atomic E-state index is -0.535. The fourth-order valence-corrected chi connectivity index (χ4v) is 1.49. The molecule has 1 saturated heterocycles. The summed E-state index contributed by atoms with van der Waals surface area (Å²) < 4.78 is 11.0. The van der Waals surface area contributed by atoms with Gasteiger partial charge in [-0.2, -0.15) is 0 Å². The summed E-state index contributed by atoms with van der Waals surface area (Å²) in [5, 5.41) is 0. The van der Waals surface area contributed by atoms with Gasteiger partial charge in [-0.05, 0) is 27.2 Å². The van der Waals surface area contributed by atoms with Crippen molar-refractivity contribution in [1.29, 1.82) is 0 Å². The van der Waals surface area contributed by atoms with E-state index in [9.17, 15) is 4.79 Å². The molecule has 1 heterocycles. The number of ketones is 1. The Kier molecular flexibility index (Phi) is 3.09. The molecule has 3 heteroatoms. The van der Waals surface area contributed by atoms with E-state index in [1.165, 1.54) is 0 Å². The van der Waals surface area contributed by atoms with Crippen LogP contribution < -0.4 is 0 Å². The second-order valence-corrected chi connectivity index (χ2v) is 4.09. The molecule has 0 N–H and O–H groups in total. The first-order chi connectivity index (χ1) is 5.92. The van der Waals surface area contributed by atoms with Crippen molar-refractivity contribution in [3.05, 3.63) is 0 Å². The maximum Gasteiger partial charge on any atom is 0.163 e. The molecule has 13 heavy (non-hydrogen) atoms. The van der Waals surface area contributed by atoms with Gasteiger partial charge < -0.3 is 9.47 Å². The fourth-order valence-electron chi connectivity index (χ4n) is 1.49. The monoisotopic (exact) mass is 186 g/mol. The van der Waals surface area contributed by atoms with E-state index in [1.54, 1.807) is 6.92 Å². The summed E-state index contributed by atoms with van der Waals surface area (Å²) in [6.45, 7) is 7.96. The van der Waals surface area contributed by atoms with E-state index in [4.69, 9.17) is 9.47 Å². The van der Waals surface area contributed by atoms with Gasteiger partial charge in [-0.1, -0.05) is 6.92 Å². The second-order valence-electron chi connectivity index (χ2n) is 4.09. The van der Waals surface area contributed by atoms with Gasteiger partial charge in [0.1, 0.15) is 5.78 Å². The highest BCUT2D eigenvalue weighted by Crippen LogP contribution is 2.26. The average molecular weight is 186 g/mol. The Labute approximate surface area is 79.4 Å². The smallest absolute Gasteiger partial charge is 0.163 e. The molecule has 0 aliphatic carbocycles. The van der Waals surface area contributed by atoms with Gasteiger partial charge in [0.2, 0.25) is 0 Å². The molecule has 0 saturated carbocycles. The van der Waals surface area contributed by atoms with Gasteiger partial charge in [-0.3, -0.25) is 4.79 Å². The molecule has 0 aromatic carbocycles. The first-order valence-corrected chi connectivity index (χ1v) is 4.74. The van der Waals surface area contributed by atoms with Crippen LogP contribution in [0.15, 0.2) is 0 Å². The second kappa shape index (κ2) is 3.76. The third kappa shape index (κ3) is 2.78. The molecule has 0 radical (unpaired) electrons. The van der Waals surface area contributed by atoms with Crippen molar-refractivity contribution < 1.29 is 14.3 Å². The van der Waals surface area contributed by atoms with Gasteiger partial charge in [0.05, 0.1) is 12.7 Å². The van der Waals surface area contributed by atoms with Crippen molar-refractivity contribution in [1.82, 2.24) is 0 Å². The molecule has 0 amide bonds. The molecule has 0 spiro atoms. The molecule has 1 aliphatic rings. The van der Waals surface area contributed by atoms with E-state index in [0.717, 1.165) is 6.42 Å². The van der Waals surface area contributed by atoms with Gasteiger partial charge in [0.25, 0.3) is 0 Å². The Morgan fingerprint density at radius 3 is 2.62 bits per heavy atom. The number of Topliss-reactive ketones (excluding diaryl/α,β-unsaturated/α-hetero) is 1. The molecule has 76 valence electrons. The van der Waals surface area contributed by atoms with Crippen LogP contribution in [0.5, 0.6) is 0 Å². The predicted octanol–water partition coefficient (Wildman–Crippen LogP) is 1.75. The highest BCUT2D eigenvalue weighted by Gasteiger charge is 2.33. The van der Waals surface area contributed by atoms with Crippen molar-refractivity contribution in [2.45, 2.75) is 46.0 Å². The molecule has 0 aromatic heterocycles. The lowest BCUT2D eigenvalue weighted by molar-refractivity contribution is -0.279. The minimum absolute atomic E-state index is 0.0150. The van der Waals surface area contributed by atoms with E-state index >= 15 is 0 Å². The zero-order chi connectivity index (χ0) is 10.1. The highest BCUT2D eigenvalue weighted by molar-refractivity contribution is 5.78. The summed E-state index contributed by atoms with van der Waals surface area (Å²) in [6, 6.07) is 0. The number of rotatable bonds is 2. The third-order valence-electron chi connectivity index (χ3n) is 2.49. The van der Waals surface area contributed by atoms with Gasteiger partial charge in [0, 0.05) is 5.92 Å². The quantitative estimate of drug-likeness (QED) is 0.659. The number of hydrogen-bond donors (Lipinski definition) is 0. The molecular weight excluding hydrogens is 168 g/mol. The minimum Gasteiger partial charge on any atom is -0.350 e. The molecule has 2 atom stereocenters. The summed E-state index contributed by atoms with van der Waals surface area (Å²) in [6.07, 6.45) is 0.825. The average Bonchev–Trinajstić information content (AvgIpc) is 2.01. The van der Waals surface area contributed by atoms with Gasteiger partial charge >= 0.3 is 0 Å². The molecule has 1 fully saturated rings. The van der Waals surface area contributed by atoms with E-state index in [2.05, 4.69) is 0 Å². The summed E-state index contributed by atoms with van der Waals surface area (Å²) in [5.74, 6) is -0.377. The number of carbonyl (C=O) groups is 1. The van der Waals surface area contributed by atoms with Crippen LogP contribution in [0.4, 0.5) is 0 Å². The number of carbonyl (C=O) groups excluding carboxylic acids is 1. The zero-order valence-corrected chi connectivity index (χ0v) is 8.79. The van der Waals surface area contributed by atoms with Crippen LogP contribution in [0.3, 0.4) is 0 Å². The zero-order valence-electron chi connectivity index (χ0n) is 8.79. The molecule has 0 bridgehead atoms. The SMILES string of the molecule is CC(=O)C(C)[C@H]1CCOC(C)(C)O1. The van der Waals surface area contributed by atoms with Crippen molar-refractivity contribution in [3.8, 4) is 0 Å². The van der Waals surface area contributed by atoms with E-state index in [1.807, 2.05) is 20.8 Å². The van der Waals surface area contributed by atoms with Gasteiger partial charge in [-0.25, -0.2) is 0 Å². The fraction of sp³-hybridized carbons (Fsp3) is 0.900. The number of ether oxygens (including phenoxy) is 2. The maximum absolute atomic E-state index is 11.1. The summed E-state index contributed by atoms with van der Waals surface area (Å²) in [4.78, 5) is 11.1. The van der Waals surface area contributed by atoms with Crippen LogP contribution >= 0.6 is 0 Å². The Bertz CT molecular complexity index is 198. The van der Waals surface area contributed by atoms with Crippen LogP contribution in [-0.4, -0.2) is 24.3 Å². The van der Waals surface area contributed by atoms with Crippen LogP contribution in [0.1, 0.15) is 34.1 Å². The molecule has 3 nitrogen and oxygen atoms in total. The van der Waals surface area contributed by atoms with Crippen molar-refractivity contribution in [2.24, 2.45) is 5.92 Å². The van der Waals surface area contributed by atoms with E-state index in [-0.39, 0.29) is 17.8 Å². The summed E-state index contributed by atoms with van der Waals surface area (Å²) >= 11 is 0. The molecule has 0 aromatic rings. The summed E-state index contributed by atoms with van der Waals surface area (Å²) in [7, 11) is 0. The standard InChI is InChI=1S/C10H18O3/c1-7(8(2)11)9-5-6-12-10(3,4)13-9/h7,9H,5-6H2,1-4H3/t7?,9-/m1/s1. The Morgan fingerprint density at radius 1 is 1.54 bits per heavy atom. The largest absolute Gasteiger partial charge is 0.350 e. The lowest BCUT2D eigenvalue weighted by atomic mass is 9.97. The van der Waals surface area contributed by atoms with E-state index < -0.39 is 5.79 Å². The highest BCUT2D eigenvalue weighted by atomic mass is 16.7. The Hall–Kier alpha value is -0.410. The predicted molar refractivity (Wildman–Crippen MR) is 49.4 cm³/mol. The summed E-state index contributed by atoms with van der Waals surface area (Å²) in [5.41, 5.74) is 0. The number of hydrogen-bond acceptors (Lipinski definition) is 3. The molecular formula is C10H18O3. The Balaban J connectivity index is 2.56. The van der Waals surface area contributed by atoms with Crippen molar-refractivity contribution in [3.63, 3.8) is 0 Å². The first kappa shape index (κ1) is 10.7. The van der Waals surface area contributed by atoms with Crippen LogP contribution in [0.2, 0.25) is 0 Å². The maximum atomic E-state index is 11.1.